The molecular weight excluding hydrogens is 370 g/mol. The normalized spacial score (nSPS) is 16.0. The Kier molecular flexibility index (Phi) is 4.67. The second kappa shape index (κ2) is 7.02. The number of ketones is 1. The first-order valence-electron chi connectivity index (χ1n) is 9.49. The van der Waals surface area contributed by atoms with Gasteiger partial charge in [0.15, 0.2) is 5.78 Å². The average molecular weight is 394 g/mol. The van der Waals surface area contributed by atoms with Crippen LogP contribution < -0.4 is 5.32 Å². The van der Waals surface area contributed by atoms with E-state index in [1.54, 1.807) is 4.68 Å². The zero-order valence-corrected chi connectivity index (χ0v) is 17.3. The molecule has 1 unspecified atom stereocenters. The quantitative estimate of drug-likeness (QED) is 0.652. The molecule has 0 saturated heterocycles. The van der Waals surface area contributed by atoms with Gasteiger partial charge in [-0.15, -0.1) is 11.3 Å². The third-order valence-electron chi connectivity index (χ3n) is 5.25. The molecule has 3 aromatic rings. The zero-order valence-electron chi connectivity index (χ0n) is 16.5. The molecule has 1 N–H and O–H groups in total. The van der Waals surface area contributed by atoms with Gasteiger partial charge in [-0.05, 0) is 51.0 Å². The van der Waals surface area contributed by atoms with Gasteiger partial charge in [0.2, 0.25) is 5.91 Å². The van der Waals surface area contributed by atoms with E-state index in [1.807, 2.05) is 45.0 Å². The molecule has 2 aromatic heterocycles. The molecule has 5 nitrogen and oxygen atoms in total. The van der Waals surface area contributed by atoms with E-state index in [-0.39, 0.29) is 18.1 Å². The number of hydrogen-bond donors (Lipinski definition) is 1. The van der Waals surface area contributed by atoms with E-state index in [0.717, 1.165) is 28.9 Å². The summed E-state index contributed by atoms with van der Waals surface area (Å²) >= 11 is 1.52. The monoisotopic (exact) mass is 393 g/mol. The van der Waals surface area contributed by atoms with Gasteiger partial charge in [0.1, 0.15) is 5.82 Å². The van der Waals surface area contributed by atoms with Crippen molar-refractivity contribution >= 4 is 28.8 Å². The lowest BCUT2D eigenvalue weighted by Gasteiger charge is -2.23. The number of fused-ring (bicyclic) bond motifs is 1. The van der Waals surface area contributed by atoms with E-state index in [1.165, 1.54) is 21.8 Å². The fourth-order valence-electron chi connectivity index (χ4n) is 3.86. The number of rotatable bonds is 4. The summed E-state index contributed by atoms with van der Waals surface area (Å²) in [4.78, 5) is 27.6. The van der Waals surface area contributed by atoms with Gasteiger partial charge in [0.05, 0.1) is 22.2 Å². The van der Waals surface area contributed by atoms with Crippen molar-refractivity contribution in [2.45, 2.75) is 46.5 Å². The van der Waals surface area contributed by atoms with Crippen molar-refractivity contribution in [3.63, 3.8) is 0 Å². The second-order valence-electron chi connectivity index (χ2n) is 7.34. The Balaban J connectivity index is 1.82. The van der Waals surface area contributed by atoms with Crippen LogP contribution in [0.1, 0.15) is 56.2 Å². The molecule has 1 aliphatic heterocycles. The number of aromatic nitrogens is 2. The second-order valence-corrected chi connectivity index (χ2v) is 8.51. The number of thiophene rings is 1. The minimum atomic E-state index is -0.494. The summed E-state index contributed by atoms with van der Waals surface area (Å²) in [5.74, 6) is -0.0222. The van der Waals surface area contributed by atoms with E-state index in [2.05, 4.69) is 23.4 Å². The lowest BCUT2D eigenvalue weighted by Crippen LogP contribution is -2.28. The number of nitrogens with one attached hydrogen (secondary N) is 1. The number of benzene rings is 1. The number of aryl methyl sites for hydroxylation is 4. The molecule has 4 rings (SSSR count). The molecule has 3 heterocycles. The molecule has 144 valence electrons. The number of carbonyl (C=O) groups is 2. The van der Waals surface area contributed by atoms with Crippen LogP contribution in [0.25, 0.3) is 5.69 Å². The van der Waals surface area contributed by atoms with Crippen LogP contribution in [0.3, 0.4) is 0 Å². The minimum absolute atomic E-state index is 0.00378. The SMILES string of the molecule is CCc1ccc(C(=O)C2CC(=O)Nc3c2c(C)nn3-c2ccc(C)cc2C)s1. The number of anilines is 1. The number of hydrogen-bond acceptors (Lipinski definition) is 4. The summed E-state index contributed by atoms with van der Waals surface area (Å²) in [5, 5.41) is 7.64. The van der Waals surface area contributed by atoms with Crippen LogP contribution in [0.4, 0.5) is 5.82 Å². The lowest BCUT2D eigenvalue weighted by molar-refractivity contribution is -0.116. The maximum absolute atomic E-state index is 13.2. The van der Waals surface area contributed by atoms with Gasteiger partial charge in [-0.25, -0.2) is 4.68 Å². The van der Waals surface area contributed by atoms with Gasteiger partial charge in [0.25, 0.3) is 0 Å². The predicted molar refractivity (Wildman–Crippen MR) is 112 cm³/mol. The third kappa shape index (κ3) is 3.07. The molecule has 1 aromatic carbocycles. The molecule has 6 heteroatoms. The topological polar surface area (TPSA) is 64.0 Å². The van der Waals surface area contributed by atoms with Crippen molar-refractivity contribution in [3.8, 4) is 5.69 Å². The number of amides is 1. The summed E-state index contributed by atoms with van der Waals surface area (Å²) in [5.41, 5.74) is 4.75. The van der Waals surface area contributed by atoms with Crippen molar-refractivity contribution in [1.82, 2.24) is 9.78 Å². The number of Topliss-reactive ketones (excluding diaryl/α,β-unsaturated/α-hetero) is 1. The Morgan fingerprint density at radius 2 is 2.04 bits per heavy atom. The number of nitrogens with zero attached hydrogens (tertiary/aromatic N) is 2. The number of carbonyl (C=O) groups excluding carboxylic acids is 2. The van der Waals surface area contributed by atoms with Gasteiger partial charge < -0.3 is 5.32 Å². The van der Waals surface area contributed by atoms with Gasteiger partial charge in [-0.1, -0.05) is 24.6 Å². The van der Waals surface area contributed by atoms with Crippen molar-refractivity contribution in [3.05, 3.63) is 62.5 Å². The molecule has 1 atom stereocenters. The van der Waals surface area contributed by atoms with Crippen LogP contribution in [0.2, 0.25) is 0 Å². The minimum Gasteiger partial charge on any atom is -0.310 e. The zero-order chi connectivity index (χ0) is 20.0. The van der Waals surface area contributed by atoms with Gasteiger partial charge >= 0.3 is 0 Å². The average Bonchev–Trinajstić information content (AvgIpc) is 3.26. The van der Waals surface area contributed by atoms with Gasteiger partial charge in [0, 0.05) is 16.9 Å². The van der Waals surface area contributed by atoms with Crippen LogP contribution in [0.15, 0.2) is 30.3 Å². The molecule has 0 radical (unpaired) electrons. The lowest BCUT2D eigenvalue weighted by atomic mass is 9.87. The molecule has 1 amide bonds. The highest BCUT2D eigenvalue weighted by Gasteiger charge is 2.36. The Hall–Kier alpha value is -2.73. The molecule has 0 aliphatic carbocycles. The predicted octanol–water partition coefficient (Wildman–Crippen LogP) is 4.73. The fourth-order valence-corrected chi connectivity index (χ4v) is 4.80. The molecule has 1 aliphatic rings. The summed E-state index contributed by atoms with van der Waals surface area (Å²) in [6.45, 7) is 8.05. The van der Waals surface area contributed by atoms with Crippen molar-refractivity contribution in [2.75, 3.05) is 5.32 Å². The van der Waals surface area contributed by atoms with Gasteiger partial charge in [-0.3, -0.25) is 9.59 Å². The first kappa shape index (κ1) is 18.6. The Labute approximate surface area is 168 Å². The molecule has 0 saturated carbocycles. The fraction of sp³-hybridized carbons (Fsp3) is 0.318. The molecule has 0 fully saturated rings. The van der Waals surface area contributed by atoms with Crippen molar-refractivity contribution in [1.29, 1.82) is 0 Å². The van der Waals surface area contributed by atoms with Crippen LogP contribution in [0.5, 0.6) is 0 Å². The largest absolute Gasteiger partial charge is 0.310 e. The Bertz CT molecular complexity index is 1090. The standard InChI is InChI=1S/C22H23N3O2S/c1-5-15-7-9-18(28-15)21(27)16-11-19(26)23-22-20(16)14(4)24-25(22)17-8-6-12(2)10-13(17)3/h6-10,16H,5,11H2,1-4H3,(H,23,26). The van der Waals surface area contributed by atoms with Crippen LogP contribution >= 0.6 is 11.3 Å². The van der Waals surface area contributed by atoms with Gasteiger partial charge in [-0.2, -0.15) is 5.10 Å². The highest BCUT2D eigenvalue weighted by molar-refractivity contribution is 7.14. The maximum atomic E-state index is 13.2. The summed E-state index contributed by atoms with van der Waals surface area (Å²) < 4.78 is 1.77. The Morgan fingerprint density at radius 1 is 1.25 bits per heavy atom. The first-order valence-corrected chi connectivity index (χ1v) is 10.3. The molecule has 0 bridgehead atoms. The van der Waals surface area contributed by atoms with Crippen LogP contribution in [0, 0.1) is 20.8 Å². The van der Waals surface area contributed by atoms with E-state index < -0.39 is 5.92 Å². The third-order valence-corrected chi connectivity index (χ3v) is 6.50. The summed E-state index contributed by atoms with van der Waals surface area (Å²) in [7, 11) is 0. The van der Waals surface area contributed by atoms with Crippen molar-refractivity contribution < 1.29 is 9.59 Å². The Morgan fingerprint density at radius 3 is 2.71 bits per heavy atom. The van der Waals surface area contributed by atoms with Crippen molar-refractivity contribution in [2.24, 2.45) is 0 Å². The maximum Gasteiger partial charge on any atom is 0.226 e. The van der Waals surface area contributed by atoms with E-state index in [4.69, 9.17) is 0 Å². The highest BCUT2D eigenvalue weighted by Crippen LogP contribution is 2.39. The van der Waals surface area contributed by atoms with E-state index in [0.29, 0.717) is 10.7 Å². The van der Waals surface area contributed by atoms with Crippen LogP contribution in [-0.2, 0) is 11.2 Å². The smallest absolute Gasteiger partial charge is 0.226 e. The highest BCUT2D eigenvalue weighted by atomic mass is 32.1. The van der Waals surface area contributed by atoms with E-state index in [9.17, 15) is 9.59 Å². The molecule has 0 spiro atoms. The van der Waals surface area contributed by atoms with E-state index >= 15 is 0 Å². The first-order chi connectivity index (χ1) is 13.4. The summed E-state index contributed by atoms with van der Waals surface area (Å²) in [6, 6.07) is 9.98. The molecule has 28 heavy (non-hydrogen) atoms. The van der Waals surface area contributed by atoms with Crippen LogP contribution in [-0.4, -0.2) is 21.5 Å². The summed E-state index contributed by atoms with van der Waals surface area (Å²) in [6.07, 6.45) is 1.06. The molecular formula is C22H23N3O2S.